The largest absolute Gasteiger partial charge is 0.394 e. The number of benzene rings is 2. The van der Waals surface area contributed by atoms with E-state index in [1.54, 1.807) is 6.20 Å². The predicted molar refractivity (Wildman–Crippen MR) is 97.1 cm³/mol. The van der Waals surface area contributed by atoms with Crippen molar-refractivity contribution in [3.63, 3.8) is 0 Å². The molecule has 1 heterocycles. The second-order valence-corrected chi connectivity index (χ2v) is 6.83. The summed E-state index contributed by atoms with van der Waals surface area (Å²) in [4.78, 5) is 4.50. The van der Waals surface area contributed by atoms with Gasteiger partial charge in [0.2, 0.25) is 0 Å². The summed E-state index contributed by atoms with van der Waals surface area (Å²) in [6.45, 7) is 0.693. The van der Waals surface area contributed by atoms with Gasteiger partial charge >= 0.3 is 0 Å². The first kappa shape index (κ1) is 15.6. The van der Waals surface area contributed by atoms with Crippen molar-refractivity contribution in [1.82, 2.24) is 10.3 Å². The van der Waals surface area contributed by atoms with E-state index in [-0.39, 0.29) is 12.1 Å². The maximum atomic E-state index is 10.1. The number of aliphatic hydroxyl groups excluding tert-OH is 1. The van der Waals surface area contributed by atoms with Crippen molar-refractivity contribution in [2.45, 2.75) is 24.9 Å². The lowest BCUT2D eigenvalue weighted by atomic mass is 9.92. The summed E-state index contributed by atoms with van der Waals surface area (Å²) in [6, 6.07) is 16.2. The molecular formula is C20H19ClN2O. The van der Waals surface area contributed by atoms with Crippen molar-refractivity contribution in [1.29, 1.82) is 0 Å². The molecule has 2 aromatic carbocycles. The van der Waals surface area contributed by atoms with Gasteiger partial charge in [-0.2, -0.15) is 0 Å². The average molecular weight is 339 g/mol. The molecule has 3 nitrogen and oxygen atoms in total. The van der Waals surface area contributed by atoms with Gasteiger partial charge in [0.15, 0.2) is 0 Å². The number of hydrogen-bond donors (Lipinski definition) is 2. The van der Waals surface area contributed by atoms with Crippen LogP contribution in [0.4, 0.5) is 0 Å². The molecule has 0 saturated heterocycles. The van der Waals surface area contributed by atoms with Gasteiger partial charge in [-0.15, -0.1) is 0 Å². The number of pyridine rings is 1. The number of rotatable bonds is 4. The molecule has 1 unspecified atom stereocenters. The van der Waals surface area contributed by atoms with Crippen LogP contribution in [0.5, 0.6) is 0 Å². The Labute approximate surface area is 146 Å². The Kier molecular flexibility index (Phi) is 4.01. The van der Waals surface area contributed by atoms with Crippen LogP contribution in [0.2, 0.25) is 5.02 Å². The standard InChI is InChI=1S/C20H19ClN2O/c21-17-10-15-5-3-9-22-19(15)16(11-17)12-23-20(13-24)8-7-14-4-1-2-6-18(14)20/h1-6,9-11,23-24H,7-8,12-13H2. The lowest BCUT2D eigenvalue weighted by Gasteiger charge is -2.30. The van der Waals surface area contributed by atoms with Gasteiger partial charge in [-0.1, -0.05) is 41.9 Å². The Morgan fingerprint density at radius 2 is 2.04 bits per heavy atom. The topological polar surface area (TPSA) is 45.1 Å². The van der Waals surface area contributed by atoms with Crippen LogP contribution < -0.4 is 5.32 Å². The SMILES string of the molecule is OCC1(NCc2cc(Cl)cc3cccnc23)CCc2ccccc21. The van der Waals surface area contributed by atoms with E-state index in [2.05, 4.69) is 28.5 Å². The molecule has 3 aromatic rings. The quantitative estimate of drug-likeness (QED) is 0.760. The van der Waals surface area contributed by atoms with Gasteiger partial charge in [0, 0.05) is 23.2 Å². The highest BCUT2D eigenvalue weighted by molar-refractivity contribution is 6.31. The van der Waals surface area contributed by atoms with Crippen molar-refractivity contribution in [2.24, 2.45) is 0 Å². The third-order valence-corrected chi connectivity index (χ3v) is 5.21. The van der Waals surface area contributed by atoms with E-state index in [4.69, 9.17) is 11.6 Å². The van der Waals surface area contributed by atoms with E-state index < -0.39 is 0 Å². The van der Waals surface area contributed by atoms with Crippen LogP contribution in [0.25, 0.3) is 10.9 Å². The first-order chi connectivity index (χ1) is 11.7. The minimum Gasteiger partial charge on any atom is -0.394 e. The van der Waals surface area contributed by atoms with Gasteiger partial charge < -0.3 is 10.4 Å². The van der Waals surface area contributed by atoms with Crippen molar-refractivity contribution >= 4 is 22.5 Å². The van der Waals surface area contributed by atoms with Gasteiger partial charge in [-0.05, 0) is 47.7 Å². The van der Waals surface area contributed by atoms with E-state index in [0.717, 1.165) is 29.3 Å². The van der Waals surface area contributed by atoms with Crippen LogP contribution in [0, 0.1) is 0 Å². The number of hydrogen-bond acceptors (Lipinski definition) is 3. The molecule has 24 heavy (non-hydrogen) atoms. The number of aliphatic hydroxyl groups is 1. The van der Waals surface area contributed by atoms with E-state index in [9.17, 15) is 5.11 Å². The highest BCUT2D eigenvalue weighted by Crippen LogP contribution is 2.37. The lowest BCUT2D eigenvalue weighted by Crippen LogP contribution is -2.43. The summed E-state index contributed by atoms with van der Waals surface area (Å²) in [7, 11) is 0. The van der Waals surface area contributed by atoms with Gasteiger partial charge in [-0.25, -0.2) is 0 Å². The molecule has 1 aliphatic rings. The Balaban J connectivity index is 1.68. The minimum atomic E-state index is -0.389. The van der Waals surface area contributed by atoms with Crippen LogP contribution in [-0.4, -0.2) is 16.7 Å². The summed E-state index contributed by atoms with van der Waals surface area (Å²) in [5.41, 5.74) is 4.13. The van der Waals surface area contributed by atoms with Crippen LogP contribution in [0.15, 0.2) is 54.7 Å². The highest BCUT2D eigenvalue weighted by atomic mass is 35.5. The minimum absolute atomic E-state index is 0.0793. The fraction of sp³-hybridized carbons (Fsp3) is 0.250. The van der Waals surface area contributed by atoms with E-state index in [1.807, 2.05) is 30.3 Å². The number of aromatic nitrogens is 1. The number of nitrogens with one attached hydrogen (secondary N) is 1. The molecule has 0 spiro atoms. The zero-order chi connectivity index (χ0) is 16.6. The summed E-state index contributed by atoms with van der Waals surface area (Å²) in [5.74, 6) is 0. The first-order valence-corrected chi connectivity index (χ1v) is 8.57. The van der Waals surface area contributed by atoms with Crippen LogP contribution in [-0.2, 0) is 18.5 Å². The predicted octanol–water partition coefficient (Wildman–Crippen LogP) is 3.81. The van der Waals surface area contributed by atoms with Gasteiger partial charge in [0.25, 0.3) is 0 Å². The average Bonchev–Trinajstić information content (AvgIpc) is 2.99. The van der Waals surface area contributed by atoms with Gasteiger partial charge in [0.05, 0.1) is 17.7 Å². The van der Waals surface area contributed by atoms with Gasteiger partial charge in [0.1, 0.15) is 0 Å². The molecule has 0 aliphatic heterocycles. The summed E-state index contributed by atoms with van der Waals surface area (Å²) in [5, 5.41) is 15.4. The Morgan fingerprint density at radius 3 is 2.92 bits per heavy atom. The maximum Gasteiger partial charge on any atom is 0.0747 e. The molecular weight excluding hydrogens is 320 g/mol. The van der Waals surface area contributed by atoms with E-state index in [0.29, 0.717) is 11.6 Å². The molecule has 0 radical (unpaired) electrons. The molecule has 0 saturated carbocycles. The molecule has 4 heteroatoms. The zero-order valence-corrected chi connectivity index (χ0v) is 14.1. The highest BCUT2D eigenvalue weighted by Gasteiger charge is 2.37. The van der Waals surface area contributed by atoms with E-state index in [1.165, 1.54) is 11.1 Å². The fourth-order valence-corrected chi connectivity index (χ4v) is 3.97. The number of halogens is 1. The van der Waals surface area contributed by atoms with Crippen molar-refractivity contribution < 1.29 is 5.11 Å². The number of nitrogens with zero attached hydrogens (tertiary/aromatic N) is 1. The molecule has 2 N–H and O–H groups in total. The summed E-state index contributed by atoms with van der Waals surface area (Å²) >= 11 is 6.26. The van der Waals surface area contributed by atoms with Gasteiger partial charge in [-0.3, -0.25) is 4.98 Å². The molecule has 0 fully saturated rings. The van der Waals surface area contributed by atoms with E-state index >= 15 is 0 Å². The smallest absolute Gasteiger partial charge is 0.0747 e. The Bertz CT molecular complexity index is 896. The van der Waals surface area contributed by atoms with Crippen molar-refractivity contribution in [3.8, 4) is 0 Å². The van der Waals surface area contributed by atoms with Crippen LogP contribution in [0.3, 0.4) is 0 Å². The fourth-order valence-electron chi connectivity index (χ4n) is 3.72. The van der Waals surface area contributed by atoms with Crippen LogP contribution in [0.1, 0.15) is 23.1 Å². The maximum absolute atomic E-state index is 10.1. The number of aryl methyl sites for hydroxylation is 1. The third-order valence-electron chi connectivity index (χ3n) is 4.99. The molecule has 0 amide bonds. The zero-order valence-electron chi connectivity index (χ0n) is 13.3. The third kappa shape index (κ3) is 2.59. The molecule has 0 bridgehead atoms. The Hall–Kier alpha value is -1.94. The molecule has 122 valence electrons. The molecule has 1 atom stereocenters. The molecule has 1 aliphatic carbocycles. The molecule has 4 rings (SSSR count). The second-order valence-electron chi connectivity index (χ2n) is 6.39. The normalized spacial score (nSPS) is 19.6. The monoisotopic (exact) mass is 338 g/mol. The first-order valence-electron chi connectivity index (χ1n) is 8.19. The summed E-state index contributed by atoms with van der Waals surface area (Å²) in [6.07, 6.45) is 3.68. The van der Waals surface area contributed by atoms with Crippen LogP contribution >= 0.6 is 11.6 Å². The Morgan fingerprint density at radius 1 is 1.17 bits per heavy atom. The second kappa shape index (κ2) is 6.17. The number of fused-ring (bicyclic) bond motifs is 2. The lowest BCUT2D eigenvalue weighted by molar-refractivity contribution is 0.159. The molecule has 1 aromatic heterocycles. The van der Waals surface area contributed by atoms with Crippen molar-refractivity contribution in [3.05, 3.63) is 76.4 Å². The summed E-state index contributed by atoms with van der Waals surface area (Å²) < 4.78 is 0. The van der Waals surface area contributed by atoms with Crippen molar-refractivity contribution in [2.75, 3.05) is 6.61 Å².